The number of nitro benzene ring substituents is 1. The molecule has 77 heavy (non-hydrogen) atoms. The maximum Gasteiger partial charge on any atom is 0.410 e. The van der Waals surface area contributed by atoms with Crippen LogP contribution in [0.5, 0.6) is 0 Å². The van der Waals surface area contributed by atoms with Gasteiger partial charge in [-0.3, -0.25) is 29.5 Å². The van der Waals surface area contributed by atoms with Crippen LogP contribution in [-0.4, -0.2) is 129 Å². The second-order valence-corrected chi connectivity index (χ2v) is 24.5. The van der Waals surface area contributed by atoms with Crippen LogP contribution in [0.25, 0.3) is 5.57 Å². The number of anilines is 2. The zero-order valence-electron chi connectivity index (χ0n) is 44.1. The van der Waals surface area contributed by atoms with Crippen molar-refractivity contribution < 1.29 is 37.2 Å². The molecule has 5 aromatic rings. The Labute approximate surface area is 461 Å². The highest BCUT2D eigenvalue weighted by atomic mass is 35.5. The van der Waals surface area contributed by atoms with E-state index in [-0.39, 0.29) is 35.8 Å². The van der Waals surface area contributed by atoms with Gasteiger partial charge < -0.3 is 24.6 Å². The number of nitrogens with one attached hydrogen (secondary N) is 2. The van der Waals surface area contributed by atoms with Crippen molar-refractivity contribution in [2.45, 2.75) is 81.4 Å². The normalized spacial score (nSPS) is 18.1. The summed E-state index contributed by atoms with van der Waals surface area (Å²) < 4.78 is 40.5. The summed E-state index contributed by atoms with van der Waals surface area (Å²) in [6.45, 7) is 15.9. The third-order valence-electron chi connectivity index (χ3n) is 14.1. The summed E-state index contributed by atoms with van der Waals surface area (Å²) in [7, 11) is -4.56. The molecule has 8 rings (SSSR count). The van der Waals surface area contributed by atoms with E-state index in [0.717, 1.165) is 93.8 Å². The number of benzene rings is 5. The molecule has 19 heteroatoms. The molecule has 2 amide bonds. The minimum atomic E-state index is -4.56. The first-order chi connectivity index (χ1) is 36.8. The van der Waals surface area contributed by atoms with Crippen molar-refractivity contribution in [1.82, 2.24) is 19.4 Å². The van der Waals surface area contributed by atoms with Crippen molar-refractivity contribution >= 4 is 74.0 Å². The average Bonchev–Trinajstić information content (AvgIpc) is 3.40. The first-order valence-corrected chi connectivity index (χ1v) is 28.9. The lowest BCUT2D eigenvalue weighted by Crippen LogP contribution is -2.52. The van der Waals surface area contributed by atoms with E-state index in [1.54, 1.807) is 24.3 Å². The van der Waals surface area contributed by atoms with Gasteiger partial charge in [-0.15, -0.1) is 11.8 Å². The van der Waals surface area contributed by atoms with E-state index in [4.69, 9.17) is 21.1 Å². The second-order valence-electron chi connectivity index (χ2n) is 21.3. The molecule has 0 radical (unpaired) electrons. The second kappa shape index (κ2) is 25.4. The monoisotopic (exact) mass is 1110 g/mol. The smallest absolute Gasteiger partial charge is 0.410 e. The Hall–Kier alpha value is -6.44. The predicted molar refractivity (Wildman–Crippen MR) is 303 cm³/mol. The van der Waals surface area contributed by atoms with Crippen LogP contribution in [0.3, 0.4) is 0 Å². The highest BCUT2D eigenvalue weighted by molar-refractivity contribution is 7.99. The van der Waals surface area contributed by atoms with Gasteiger partial charge >= 0.3 is 12.1 Å². The molecule has 1 unspecified atom stereocenters. The Morgan fingerprint density at radius 1 is 0.831 bits per heavy atom. The number of hydrogen-bond acceptors (Lipinski definition) is 14. The molecule has 0 saturated carbocycles. The Bertz CT molecular complexity index is 3000. The lowest BCUT2D eigenvalue weighted by atomic mass is 9.71. The fraction of sp³-hybridized carbons (Fsp3) is 0.397. The Morgan fingerprint density at radius 2 is 1.48 bits per heavy atom. The number of carbonyl (C=O) groups is 3. The number of ether oxygens (including phenoxy) is 2. The molecule has 2 fully saturated rings. The van der Waals surface area contributed by atoms with E-state index >= 15 is 0 Å². The van der Waals surface area contributed by atoms with Gasteiger partial charge in [-0.05, 0) is 123 Å². The van der Waals surface area contributed by atoms with E-state index < -0.39 is 49.0 Å². The average molecular weight is 1110 g/mol. The molecule has 2 atom stereocenters. The fourth-order valence-electron chi connectivity index (χ4n) is 10.1. The van der Waals surface area contributed by atoms with Crippen LogP contribution < -0.4 is 14.9 Å². The SMILES string of the molecule is CC1(CN2CCN(C(=O)OC(C)(C)C)CC2)CCC(c2ccc(Cl)cc2)=C(CN2CCN(c3ccc(C(=O)NS(=O)(=O)c4ccc(N[C@@H](CSc5ccccc5)CC(=O)OCc5ccccc5)c([N+](=O)[O-])c4)cc3)CC2)C1. The zero-order chi connectivity index (χ0) is 54.7. The summed E-state index contributed by atoms with van der Waals surface area (Å²) in [5, 5.41) is 16.2. The topological polar surface area (TPSA) is 184 Å². The molecule has 3 aliphatic rings. The van der Waals surface area contributed by atoms with Crippen LogP contribution >= 0.6 is 23.4 Å². The van der Waals surface area contributed by atoms with Gasteiger partial charge in [0.05, 0.1) is 16.2 Å². The van der Waals surface area contributed by atoms with Crippen LogP contribution in [-0.2, 0) is 30.9 Å². The molecule has 2 heterocycles. The number of allylic oxidation sites excluding steroid dienone is 1. The number of amides is 2. The number of halogens is 1. The fourth-order valence-corrected chi connectivity index (χ4v) is 12.2. The van der Waals surface area contributed by atoms with E-state index in [9.17, 15) is 32.9 Å². The zero-order valence-corrected chi connectivity index (χ0v) is 46.5. The lowest BCUT2D eigenvalue weighted by Gasteiger charge is -2.44. The number of piperazine rings is 2. The minimum absolute atomic E-state index is 0.00283. The molecule has 2 saturated heterocycles. The number of sulfonamides is 1. The highest BCUT2D eigenvalue weighted by Crippen LogP contribution is 2.44. The van der Waals surface area contributed by atoms with Gasteiger partial charge in [0, 0.05) is 104 Å². The van der Waals surface area contributed by atoms with Gasteiger partial charge in [0.15, 0.2) is 0 Å². The Kier molecular flexibility index (Phi) is 18.7. The van der Waals surface area contributed by atoms with Crippen LogP contribution in [0.1, 0.15) is 74.9 Å². The molecular formula is C58H68ClN7O9S2. The van der Waals surface area contributed by atoms with Crippen LogP contribution in [0.15, 0.2) is 143 Å². The van der Waals surface area contributed by atoms with Crippen molar-refractivity contribution in [3.8, 4) is 0 Å². The summed E-state index contributed by atoms with van der Waals surface area (Å²) in [6.07, 6.45) is 2.60. The molecule has 16 nitrogen and oxygen atoms in total. The molecule has 5 aromatic carbocycles. The summed E-state index contributed by atoms with van der Waals surface area (Å²) in [4.78, 5) is 60.5. The van der Waals surface area contributed by atoms with E-state index in [1.165, 1.54) is 40.6 Å². The number of thioether (sulfide) groups is 1. The number of hydrogen-bond donors (Lipinski definition) is 2. The summed E-state index contributed by atoms with van der Waals surface area (Å²) in [5.74, 6) is -1.07. The standard InChI is InChI=1S/C58H68ClN7O9S2/c1-57(2,3)75-56(69)65-33-29-63(30-34-65)41-58(4)26-25-51(43-15-19-46(59)20-16-43)45(37-58)38-62-27-31-64(32-28-62)48-21-17-44(18-22-48)55(68)61-77(72,73)50-23-24-52(53(36-50)66(70)71)60-47(40-76-49-13-9-6-10-14-49)35-54(67)74-39-42-11-7-5-8-12-42/h5-24,36,47,60H,25-35,37-41H2,1-4H3,(H,61,68)/t47-,58?/m1/s1. The van der Waals surface area contributed by atoms with Crippen molar-refractivity contribution in [2.75, 3.05) is 81.4 Å². The van der Waals surface area contributed by atoms with Gasteiger partial charge in [0.1, 0.15) is 17.9 Å². The quantitative estimate of drug-likeness (QED) is 0.0345. The molecule has 0 spiro atoms. The molecule has 1 aliphatic carbocycles. The van der Waals surface area contributed by atoms with E-state index in [0.29, 0.717) is 23.9 Å². The van der Waals surface area contributed by atoms with Crippen molar-refractivity contribution in [2.24, 2.45) is 5.41 Å². The highest BCUT2D eigenvalue weighted by Gasteiger charge is 2.36. The number of nitro groups is 1. The van der Waals surface area contributed by atoms with E-state index in [1.807, 2.05) is 98.5 Å². The molecule has 2 N–H and O–H groups in total. The first kappa shape index (κ1) is 56.8. The largest absolute Gasteiger partial charge is 0.461 e. The third kappa shape index (κ3) is 16.1. The number of rotatable bonds is 19. The van der Waals surface area contributed by atoms with Gasteiger partial charge in [-0.2, -0.15) is 0 Å². The predicted octanol–water partition coefficient (Wildman–Crippen LogP) is 10.4. The molecular weight excluding hydrogens is 1040 g/mol. The van der Waals surface area contributed by atoms with Crippen molar-refractivity contribution in [3.63, 3.8) is 0 Å². The van der Waals surface area contributed by atoms with Crippen molar-refractivity contribution in [1.29, 1.82) is 0 Å². The Balaban J connectivity index is 0.867. The molecule has 408 valence electrons. The first-order valence-electron chi connectivity index (χ1n) is 26.0. The third-order valence-corrected chi connectivity index (χ3v) is 16.8. The summed E-state index contributed by atoms with van der Waals surface area (Å²) in [6, 6.07) is 36.3. The maximum atomic E-state index is 13.6. The van der Waals surface area contributed by atoms with Crippen LogP contribution in [0.2, 0.25) is 5.02 Å². The lowest BCUT2D eigenvalue weighted by molar-refractivity contribution is -0.384. The molecule has 0 bridgehead atoms. The number of carbonyl (C=O) groups excluding carboxylic acids is 3. The number of esters is 1. The summed E-state index contributed by atoms with van der Waals surface area (Å²) >= 11 is 7.78. The van der Waals surface area contributed by atoms with Gasteiger partial charge in [-0.1, -0.05) is 84.8 Å². The van der Waals surface area contributed by atoms with Crippen LogP contribution in [0, 0.1) is 15.5 Å². The van der Waals surface area contributed by atoms with Crippen molar-refractivity contribution in [3.05, 3.63) is 165 Å². The Morgan fingerprint density at radius 3 is 2.13 bits per heavy atom. The minimum Gasteiger partial charge on any atom is -0.461 e. The molecule has 0 aromatic heterocycles. The maximum absolute atomic E-state index is 13.6. The van der Waals surface area contributed by atoms with Gasteiger partial charge in [0.25, 0.3) is 21.6 Å². The van der Waals surface area contributed by atoms with Gasteiger partial charge in [0.2, 0.25) is 0 Å². The van der Waals surface area contributed by atoms with Gasteiger partial charge in [-0.25, -0.2) is 17.9 Å². The molecule has 2 aliphatic heterocycles. The number of nitrogens with zero attached hydrogens (tertiary/aromatic N) is 5. The summed E-state index contributed by atoms with van der Waals surface area (Å²) in [5.41, 5.74) is 4.82. The van der Waals surface area contributed by atoms with E-state index in [2.05, 4.69) is 43.8 Å². The van der Waals surface area contributed by atoms with Crippen LogP contribution in [0.4, 0.5) is 21.9 Å².